The maximum Gasteiger partial charge on any atom is 0.175 e. The molecule has 0 aliphatic heterocycles. The highest BCUT2D eigenvalue weighted by Gasteiger charge is 2.20. The lowest BCUT2D eigenvalue weighted by atomic mass is 9.98. The Morgan fingerprint density at radius 3 is 2.35 bits per heavy atom. The van der Waals surface area contributed by atoms with Crippen molar-refractivity contribution >= 4 is 15.9 Å². The number of methoxy groups -OCH3 is 2. The van der Waals surface area contributed by atoms with Gasteiger partial charge in [0.25, 0.3) is 0 Å². The van der Waals surface area contributed by atoms with Crippen molar-refractivity contribution in [2.45, 2.75) is 19.4 Å². The Kier molecular flexibility index (Phi) is 5.24. The van der Waals surface area contributed by atoms with Crippen LogP contribution in [-0.4, -0.2) is 25.9 Å². The molecule has 0 aromatic heterocycles. The van der Waals surface area contributed by atoms with Crippen LogP contribution in [0.5, 0.6) is 11.5 Å². The lowest BCUT2D eigenvalue weighted by Gasteiger charge is -2.20. The van der Waals surface area contributed by atoms with Crippen LogP contribution in [0, 0.1) is 0 Å². The molecule has 0 bridgehead atoms. The van der Waals surface area contributed by atoms with Crippen molar-refractivity contribution in [1.82, 2.24) is 0 Å². The van der Waals surface area contributed by atoms with Crippen molar-refractivity contribution in [1.29, 1.82) is 0 Å². The molecule has 0 amide bonds. The van der Waals surface area contributed by atoms with Crippen molar-refractivity contribution < 1.29 is 14.6 Å². The van der Waals surface area contributed by atoms with Gasteiger partial charge in [0.1, 0.15) is 0 Å². The van der Waals surface area contributed by atoms with Crippen molar-refractivity contribution in [2.24, 2.45) is 5.73 Å². The minimum absolute atomic E-state index is 0.102. The first-order valence-corrected chi connectivity index (χ1v) is 6.19. The number of aliphatic hydroxyl groups excluding tert-OH is 1. The maximum absolute atomic E-state index is 9.18. The summed E-state index contributed by atoms with van der Waals surface area (Å²) in [5.74, 6) is 1.32. The van der Waals surface area contributed by atoms with Gasteiger partial charge in [0.05, 0.1) is 31.3 Å². The quantitative estimate of drug-likeness (QED) is 0.873. The first-order chi connectivity index (χ1) is 8.10. The van der Waals surface area contributed by atoms with Crippen molar-refractivity contribution in [2.75, 3.05) is 20.8 Å². The molecule has 0 spiro atoms. The molecule has 0 saturated heterocycles. The predicted octanol–water partition coefficient (Wildman–Crippen LogP) is 2.02. The molecule has 0 heterocycles. The van der Waals surface area contributed by atoms with Crippen molar-refractivity contribution in [3.05, 3.63) is 21.7 Å². The summed E-state index contributed by atoms with van der Waals surface area (Å²) in [5, 5.41) is 9.18. The zero-order valence-electron chi connectivity index (χ0n) is 10.3. The molecule has 1 aromatic carbocycles. The molecular weight excluding hydrogens is 286 g/mol. The van der Waals surface area contributed by atoms with Crippen molar-refractivity contribution in [3.63, 3.8) is 0 Å². The Labute approximate surface area is 110 Å². The molecule has 96 valence electrons. The number of benzene rings is 1. The summed E-state index contributed by atoms with van der Waals surface area (Å²) >= 11 is 3.42. The van der Waals surface area contributed by atoms with E-state index in [9.17, 15) is 5.11 Å². The Morgan fingerprint density at radius 2 is 1.94 bits per heavy atom. The van der Waals surface area contributed by atoms with E-state index < -0.39 is 6.04 Å². The second kappa shape index (κ2) is 6.23. The zero-order valence-corrected chi connectivity index (χ0v) is 11.9. The molecule has 17 heavy (non-hydrogen) atoms. The Bertz CT molecular complexity index is 396. The van der Waals surface area contributed by atoms with Gasteiger partial charge in [-0.15, -0.1) is 0 Å². The molecule has 5 heteroatoms. The minimum Gasteiger partial charge on any atom is -0.493 e. The van der Waals surface area contributed by atoms with E-state index in [0.717, 1.165) is 22.0 Å². The van der Waals surface area contributed by atoms with E-state index in [2.05, 4.69) is 15.9 Å². The highest BCUT2D eigenvalue weighted by Crippen LogP contribution is 2.41. The topological polar surface area (TPSA) is 64.7 Å². The van der Waals surface area contributed by atoms with Crippen LogP contribution in [0.15, 0.2) is 10.5 Å². The van der Waals surface area contributed by atoms with Crippen LogP contribution < -0.4 is 15.2 Å². The van der Waals surface area contributed by atoms with Gasteiger partial charge in [-0.2, -0.15) is 0 Å². The van der Waals surface area contributed by atoms with E-state index in [1.807, 2.05) is 13.0 Å². The van der Waals surface area contributed by atoms with Gasteiger partial charge in [-0.05, 0) is 34.0 Å². The van der Waals surface area contributed by atoms with Crippen LogP contribution in [0.4, 0.5) is 0 Å². The van der Waals surface area contributed by atoms with E-state index in [4.69, 9.17) is 15.2 Å². The summed E-state index contributed by atoms with van der Waals surface area (Å²) in [5.41, 5.74) is 7.73. The fourth-order valence-electron chi connectivity index (χ4n) is 1.87. The second-order valence-corrected chi connectivity index (χ2v) is 4.49. The normalized spacial score (nSPS) is 12.4. The summed E-state index contributed by atoms with van der Waals surface area (Å²) < 4.78 is 11.5. The van der Waals surface area contributed by atoms with Gasteiger partial charge in [-0.3, -0.25) is 0 Å². The van der Waals surface area contributed by atoms with Gasteiger partial charge in [0, 0.05) is 5.56 Å². The first-order valence-electron chi connectivity index (χ1n) is 5.40. The van der Waals surface area contributed by atoms with Gasteiger partial charge >= 0.3 is 0 Å². The largest absolute Gasteiger partial charge is 0.493 e. The number of ether oxygens (including phenoxy) is 2. The molecule has 3 N–H and O–H groups in total. The summed E-state index contributed by atoms with van der Waals surface area (Å²) in [6, 6.07) is 1.46. The highest BCUT2D eigenvalue weighted by atomic mass is 79.9. The van der Waals surface area contributed by atoms with Gasteiger partial charge in [-0.1, -0.05) is 6.92 Å². The van der Waals surface area contributed by atoms with E-state index >= 15 is 0 Å². The number of rotatable bonds is 5. The van der Waals surface area contributed by atoms with E-state index in [1.54, 1.807) is 14.2 Å². The summed E-state index contributed by atoms with van der Waals surface area (Å²) in [6.07, 6.45) is 0.760. The van der Waals surface area contributed by atoms with Crippen LogP contribution in [-0.2, 0) is 6.42 Å². The van der Waals surface area contributed by atoms with Crippen LogP contribution in [0.2, 0.25) is 0 Å². The number of halogens is 1. The molecule has 4 nitrogen and oxygen atoms in total. The number of hydrogen-bond acceptors (Lipinski definition) is 4. The molecule has 1 unspecified atom stereocenters. The molecule has 0 saturated carbocycles. The molecule has 1 rings (SSSR count). The van der Waals surface area contributed by atoms with Gasteiger partial charge < -0.3 is 20.3 Å². The highest BCUT2D eigenvalue weighted by molar-refractivity contribution is 9.10. The lowest BCUT2D eigenvalue weighted by molar-refractivity contribution is 0.266. The molecule has 1 aromatic rings. The molecule has 1 atom stereocenters. The summed E-state index contributed by atoms with van der Waals surface area (Å²) in [4.78, 5) is 0. The van der Waals surface area contributed by atoms with E-state index in [-0.39, 0.29) is 6.61 Å². The smallest absolute Gasteiger partial charge is 0.175 e. The predicted molar refractivity (Wildman–Crippen MR) is 70.6 cm³/mol. The maximum atomic E-state index is 9.18. The molecule has 0 aliphatic rings. The fraction of sp³-hybridized carbons (Fsp3) is 0.500. The Hall–Kier alpha value is -0.780. The van der Waals surface area contributed by atoms with Crippen LogP contribution in [0.1, 0.15) is 24.1 Å². The monoisotopic (exact) mass is 303 g/mol. The van der Waals surface area contributed by atoms with Gasteiger partial charge in [-0.25, -0.2) is 0 Å². The number of nitrogens with two attached hydrogens (primary N) is 1. The Balaban J connectivity index is 3.47. The van der Waals surface area contributed by atoms with E-state index in [1.165, 1.54) is 0 Å². The van der Waals surface area contributed by atoms with Crippen molar-refractivity contribution in [3.8, 4) is 11.5 Å². The standard InChI is InChI=1S/C12H18BrNO3/c1-4-7-8(10(14)6-15)5-9(13)12(17-3)11(7)16-2/h5,10,15H,4,6,14H2,1-3H3. The van der Waals surface area contributed by atoms with Crippen LogP contribution in [0.25, 0.3) is 0 Å². The number of aliphatic hydroxyl groups is 1. The molecule has 0 aliphatic carbocycles. The summed E-state index contributed by atoms with van der Waals surface area (Å²) in [7, 11) is 3.19. The zero-order chi connectivity index (χ0) is 13.0. The average Bonchev–Trinajstić information content (AvgIpc) is 2.36. The van der Waals surface area contributed by atoms with E-state index in [0.29, 0.717) is 11.5 Å². The lowest BCUT2D eigenvalue weighted by Crippen LogP contribution is -2.17. The third-order valence-corrected chi connectivity index (χ3v) is 3.27. The second-order valence-electron chi connectivity index (χ2n) is 3.64. The first kappa shape index (κ1) is 14.3. The molecular formula is C12H18BrNO3. The average molecular weight is 304 g/mol. The van der Waals surface area contributed by atoms with Crippen LogP contribution >= 0.6 is 15.9 Å². The van der Waals surface area contributed by atoms with Crippen LogP contribution in [0.3, 0.4) is 0 Å². The Morgan fingerprint density at radius 1 is 1.35 bits per heavy atom. The third kappa shape index (κ3) is 2.73. The molecule has 0 radical (unpaired) electrons. The summed E-state index contributed by atoms with van der Waals surface area (Å²) in [6.45, 7) is 1.91. The van der Waals surface area contributed by atoms with Gasteiger partial charge in [0.2, 0.25) is 0 Å². The third-order valence-electron chi connectivity index (χ3n) is 2.69. The van der Waals surface area contributed by atoms with Gasteiger partial charge in [0.15, 0.2) is 11.5 Å². The SMILES string of the molecule is CCc1c(C(N)CO)cc(Br)c(OC)c1OC. The molecule has 0 fully saturated rings. The fourth-order valence-corrected chi connectivity index (χ4v) is 2.45. The minimum atomic E-state index is -0.416. The number of hydrogen-bond donors (Lipinski definition) is 2.